The minimum absolute atomic E-state index is 0.0546. The minimum Gasteiger partial charge on any atom is -0.383 e. The van der Waals surface area contributed by atoms with Gasteiger partial charge in [-0.25, -0.2) is 0 Å². The number of hydrogen-bond acceptors (Lipinski definition) is 5. The zero-order valence-electron chi connectivity index (χ0n) is 12.3. The van der Waals surface area contributed by atoms with Crippen molar-refractivity contribution in [2.75, 3.05) is 25.2 Å². The molecule has 0 spiro atoms. The van der Waals surface area contributed by atoms with E-state index in [4.69, 9.17) is 4.74 Å². The molecular weight excluding hydrogens is 270 g/mol. The van der Waals surface area contributed by atoms with Gasteiger partial charge in [-0.2, -0.15) is 5.26 Å². The number of nitro benzene ring substituents is 1. The Balaban J connectivity index is 2.34. The Hall–Kier alpha value is -2.13. The van der Waals surface area contributed by atoms with Gasteiger partial charge in [0.2, 0.25) is 0 Å². The smallest absolute Gasteiger partial charge is 0.270 e. The summed E-state index contributed by atoms with van der Waals surface area (Å²) >= 11 is 0. The largest absolute Gasteiger partial charge is 0.383 e. The number of nitro groups is 1. The van der Waals surface area contributed by atoms with Gasteiger partial charge in [-0.05, 0) is 31.7 Å². The quantitative estimate of drug-likeness (QED) is 0.569. The molecule has 0 saturated heterocycles. The molecule has 112 valence electrons. The number of non-ortho nitro benzene ring substituents is 1. The fraction of sp³-hybridized carbons (Fsp3) is 0.533. The second-order valence-corrected chi connectivity index (χ2v) is 5.33. The van der Waals surface area contributed by atoms with Crippen LogP contribution in [0.15, 0.2) is 18.2 Å². The molecule has 1 aromatic rings. The molecule has 1 aliphatic rings. The third kappa shape index (κ3) is 3.50. The van der Waals surface area contributed by atoms with Crippen molar-refractivity contribution in [2.45, 2.75) is 25.8 Å². The van der Waals surface area contributed by atoms with E-state index in [1.54, 1.807) is 13.2 Å². The van der Waals surface area contributed by atoms with Gasteiger partial charge in [-0.1, -0.05) is 0 Å². The van der Waals surface area contributed by atoms with E-state index in [0.29, 0.717) is 30.7 Å². The van der Waals surface area contributed by atoms with E-state index in [0.717, 1.165) is 5.69 Å². The highest BCUT2D eigenvalue weighted by molar-refractivity contribution is 5.63. The summed E-state index contributed by atoms with van der Waals surface area (Å²) in [5, 5.41) is 20.1. The fourth-order valence-electron chi connectivity index (χ4n) is 2.54. The lowest BCUT2D eigenvalue weighted by Crippen LogP contribution is -2.37. The van der Waals surface area contributed by atoms with E-state index < -0.39 is 4.92 Å². The maximum absolute atomic E-state index is 10.8. The summed E-state index contributed by atoms with van der Waals surface area (Å²) in [5.41, 5.74) is 1.04. The first-order chi connectivity index (χ1) is 10.1. The van der Waals surface area contributed by atoms with E-state index in [9.17, 15) is 15.4 Å². The number of anilines is 1. The third-order valence-electron chi connectivity index (χ3n) is 3.95. The number of ether oxygens (including phenoxy) is 1. The van der Waals surface area contributed by atoms with Crippen molar-refractivity contribution >= 4 is 11.4 Å². The van der Waals surface area contributed by atoms with Crippen molar-refractivity contribution in [2.24, 2.45) is 5.92 Å². The Morgan fingerprint density at radius 3 is 2.81 bits per heavy atom. The first-order valence-electron chi connectivity index (χ1n) is 7.02. The molecule has 1 fully saturated rings. The fourth-order valence-corrected chi connectivity index (χ4v) is 2.54. The van der Waals surface area contributed by atoms with Gasteiger partial charge in [0.1, 0.15) is 6.07 Å². The highest BCUT2D eigenvalue weighted by Gasteiger charge is 2.33. The molecule has 0 radical (unpaired) electrons. The van der Waals surface area contributed by atoms with Gasteiger partial charge < -0.3 is 9.64 Å². The van der Waals surface area contributed by atoms with Crippen LogP contribution in [-0.2, 0) is 4.74 Å². The summed E-state index contributed by atoms with van der Waals surface area (Å²) in [5.74, 6) is 0.628. The molecule has 0 N–H and O–H groups in total. The summed E-state index contributed by atoms with van der Waals surface area (Å²) in [6.45, 7) is 3.36. The Kier molecular flexibility index (Phi) is 4.76. The van der Waals surface area contributed by atoms with Gasteiger partial charge in [0.15, 0.2) is 0 Å². The molecule has 1 aromatic carbocycles. The van der Waals surface area contributed by atoms with Crippen molar-refractivity contribution in [3.05, 3.63) is 33.9 Å². The SMILES string of the molecule is COCCN(c1ccc([N+](=O)[O-])cc1C#N)C(C)C1CC1. The molecule has 0 amide bonds. The lowest BCUT2D eigenvalue weighted by atomic mass is 10.1. The van der Waals surface area contributed by atoms with Crippen molar-refractivity contribution in [3.8, 4) is 6.07 Å². The third-order valence-corrected chi connectivity index (χ3v) is 3.95. The molecule has 21 heavy (non-hydrogen) atoms. The molecule has 0 bridgehead atoms. The summed E-state index contributed by atoms with van der Waals surface area (Å²) in [6.07, 6.45) is 2.39. The van der Waals surface area contributed by atoms with Gasteiger partial charge in [-0.3, -0.25) is 10.1 Å². The van der Waals surface area contributed by atoms with Crippen LogP contribution >= 0.6 is 0 Å². The normalized spacial score (nSPS) is 15.3. The first kappa shape index (κ1) is 15.3. The Labute approximate surface area is 124 Å². The predicted octanol–water partition coefficient (Wildman–Crippen LogP) is 2.72. The molecule has 1 unspecified atom stereocenters. The molecule has 0 aromatic heterocycles. The highest BCUT2D eigenvalue weighted by Crippen LogP contribution is 2.38. The molecule has 6 nitrogen and oxygen atoms in total. The Morgan fingerprint density at radius 2 is 2.29 bits per heavy atom. The predicted molar refractivity (Wildman–Crippen MR) is 79.2 cm³/mol. The molecule has 6 heteroatoms. The maximum atomic E-state index is 10.8. The van der Waals surface area contributed by atoms with Crippen molar-refractivity contribution < 1.29 is 9.66 Å². The van der Waals surface area contributed by atoms with Crippen LogP contribution in [0, 0.1) is 27.4 Å². The van der Waals surface area contributed by atoms with Crippen LogP contribution < -0.4 is 4.90 Å². The van der Waals surface area contributed by atoms with Gasteiger partial charge in [-0.15, -0.1) is 0 Å². The lowest BCUT2D eigenvalue weighted by molar-refractivity contribution is -0.384. The van der Waals surface area contributed by atoms with Crippen LogP contribution in [0.3, 0.4) is 0 Å². The number of rotatable bonds is 7. The summed E-state index contributed by atoms with van der Waals surface area (Å²) in [6, 6.07) is 6.84. The van der Waals surface area contributed by atoms with E-state index in [1.807, 2.05) is 0 Å². The summed E-state index contributed by atoms with van der Waals surface area (Å²) in [4.78, 5) is 12.5. The number of nitriles is 1. The summed E-state index contributed by atoms with van der Waals surface area (Å²) < 4.78 is 5.15. The topological polar surface area (TPSA) is 79.4 Å². The number of methoxy groups -OCH3 is 1. The molecule has 0 aliphatic heterocycles. The van der Waals surface area contributed by atoms with Crippen LogP contribution in [0.2, 0.25) is 0 Å². The molecule has 1 atom stereocenters. The van der Waals surface area contributed by atoms with Crippen LogP contribution in [0.25, 0.3) is 0 Å². The molecule has 0 heterocycles. The zero-order valence-corrected chi connectivity index (χ0v) is 12.3. The Morgan fingerprint density at radius 1 is 1.57 bits per heavy atom. The van der Waals surface area contributed by atoms with E-state index in [1.165, 1.54) is 25.0 Å². The first-order valence-corrected chi connectivity index (χ1v) is 7.02. The molecule has 1 aliphatic carbocycles. The van der Waals surface area contributed by atoms with Gasteiger partial charge >= 0.3 is 0 Å². The molecule has 2 rings (SSSR count). The highest BCUT2D eigenvalue weighted by atomic mass is 16.6. The van der Waals surface area contributed by atoms with Crippen LogP contribution in [0.4, 0.5) is 11.4 Å². The molecule has 1 saturated carbocycles. The number of nitrogens with zero attached hydrogens (tertiary/aromatic N) is 3. The Bertz CT molecular complexity index is 564. The van der Waals surface area contributed by atoms with Crippen molar-refractivity contribution in [3.63, 3.8) is 0 Å². The standard InChI is InChI=1S/C15H19N3O3/c1-11(12-3-4-12)17(7-8-21-2)15-6-5-14(18(19)20)9-13(15)10-16/h5-6,9,11-12H,3-4,7-8H2,1-2H3. The van der Waals surface area contributed by atoms with E-state index in [2.05, 4.69) is 17.9 Å². The lowest BCUT2D eigenvalue weighted by Gasteiger charge is -2.32. The number of benzene rings is 1. The van der Waals surface area contributed by atoms with Crippen LogP contribution in [0.1, 0.15) is 25.3 Å². The summed E-state index contributed by atoms with van der Waals surface area (Å²) in [7, 11) is 1.64. The monoisotopic (exact) mass is 289 g/mol. The van der Waals surface area contributed by atoms with E-state index in [-0.39, 0.29) is 5.69 Å². The van der Waals surface area contributed by atoms with Gasteiger partial charge in [0.25, 0.3) is 5.69 Å². The van der Waals surface area contributed by atoms with Gasteiger partial charge in [0.05, 0.1) is 22.8 Å². The average Bonchev–Trinajstić information content (AvgIpc) is 3.31. The molecular formula is C15H19N3O3. The minimum atomic E-state index is -0.478. The zero-order chi connectivity index (χ0) is 15.4. The number of hydrogen-bond donors (Lipinski definition) is 0. The van der Waals surface area contributed by atoms with Crippen molar-refractivity contribution in [1.29, 1.82) is 5.26 Å². The average molecular weight is 289 g/mol. The van der Waals surface area contributed by atoms with Crippen LogP contribution in [-0.4, -0.2) is 31.2 Å². The van der Waals surface area contributed by atoms with Gasteiger partial charge in [0, 0.05) is 31.8 Å². The van der Waals surface area contributed by atoms with Crippen molar-refractivity contribution in [1.82, 2.24) is 0 Å². The second kappa shape index (κ2) is 6.55. The van der Waals surface area contributed by atoms with E-state index >= 15 is 0 Å². The maximum Gasteiger partial charge on any atom is 0.270 e. The van der Waals surface area contributed by atoms with Crippen LogP contribution in [0.5, 0.6) is 0 Å². The second-order valence-electron chi connectivity index (χ2n) is 5.33.